The molecule has 0 saturated carbocycles. The van der Waals surface area contributed by atoms with E-state index >= 15 is 0 Å². The van der Waals surface area contributed by atoms with Crippen molar-refractivity contribution in [1.29, 1.82) is 0 Å². The normalized spacial score (nSPS) is 10.7. The molecule has 0 unspecified atom stereocenters. The summed E-state index contributed by atoms with van der Waals surface area (Å²) < 4.78 is 5.23. The van der Waals surface area contributed by atoms with E-state index in [1.807, 2.05) is 49.6 Å². The highest BCUT2D eigenvalue weighted by atomic mass is 35.5. The molecule has 2 aromatic carbocycles. The number of ether oxygens (including phenoxy) is 1. The van der Waals surface area contributed by atoms with Crippen LogP contribution >= 0.6 is 23.4 Å². The maximum Gasteiger partial charge on any atom is 0.325 e. The molecule has 7 heteroatoms. The Hall–Kier alpha value is -2.57. The van der Waals surface area contributed by atoms with Crippen LogP contribution in [0.5, 0.6) is 0 Å². The molecule has 1 aromatic heterocycles. The van der Waals surface area contributed by atoms with E-state index in [2.05, 4.69) is 10.3 Å². The number of fused-ring (bicyclic) bond motifs is 1. The predicted molar refractivity (Wildman–Crippen MR) is 112 cm³/mol. The third-order valence-corrected chi connectivity index (χ3v) is 5.20. The second-order valence-corrected chi connectivity index (χ2v) is 7.44. The Kier molecular flexibility index (Phi) is 6.54. The Morgan fingerprint density at radius 1 is 1.14 bits per heavy atom. The number of halogens is 1. The molecule has 0 fully saturated rings. The Labute approximate surface area is 172 Å². The molecule has 5 nitrogen and oxygen atoms in total. The van der Waals surface area contributed by atoms with E-state index in [1.54, 1.807) is 23.9 Å². The van der Waals surface area contributed by atoms with E-state index in [4.69, 9.17) is 16.3 Å². The molecular weight excluding hydrogens is 396 g/mol. The van der Waals surface area contributed by atoms with E-state index < -0.39 is 5.97 Å². The van der Waals surface area contributed by atoms with Crippen molar-refractivity contribution in [2.24, 2.45) is 0 Å². The summed E-state index contributed by atoms with van der Waals surface area (Å²) >= 11 is 7.85. The van der Waals surface area contributed by atoms with Gasteiger partial charge >= 0.3 is 5.97 Å². The molecule has 0 aliphatic rings. The first-order valence-corrected chi connectivity index (χ1v) is 10.2. The van der Waals surface area contributed by atoms with Crippen LogP contribution in [0.3, 0.4) is 0 Å². The highest BCUT2D eigenvalue weighted by Crippen LogP contribution is 2.25. The molecule has 1 heterocycles. The molecule has 0 aliphatic carbocycles. The maximum atomic E-state index is 12.0. The van der Waals surface area contributed by atoms with E-state index in [0.29, 0.717) is 16.3 Å². The van der Waals surface area contributed by atoms with Gasteiger partial charge in [-0.3, -0.25) is 9.59 Å². The first kappa shape index (κ1) is 20.2. The third kappa shape index (κ3) is 5.03. The standard InChI is InChI=1S/C21H19ClN2O3S/c1-13-3-5-14(6-4-13)21(26)23-11-19(25)27-12-16-9-15-7-8-17(28-2)10-18(15)24-20(16)22/h3-10H,11-12H2,1-2H3,(H,23,26). The summed E-state index contributed by atoms with van der Waals surface area (Å²) in [7, 11) is 0. The van der Waals surface area contributed by atoms with Gasteiger partial charge in [0.15, 0.2) is 0 Å². The zero-order valence-corrected chi connectivity index (χ0v) is 17.1. The number of esters is 1. The van der Waals surface area contributed by atoms with Gasteiger partial charge in [0.25, 0.3) is 5.91 Å². The zero-order chi connectivity index (χ0) is 20.1. The number of aromatic nitrogens is 1. The molecule has 0 aliphatic heterocycles. The number of aryl methyl sites for hydroxylation is 1. The van der Waals surface area contributed by atoms with Crippen molar-refractivity contribution >= 4 is 46.1 Å². The fourth-order valence-corrected chi connectivity index (χ4v) is 3.20. The molecule has 28 heavy (non-hydrogen) atoms. The number of hydrogen-bond acceptors (Lipinski definition) is 5. The van der Waals surface area contributed by atoms with Crippen molar-refractivity contribution in [3.8, 4) is 0 Å². The fraction of sp³-hybridized carbons (Fsp3) is 0.190. The SMILES string of the molecule is CSc1ccc2cc(COC(=O)CNC(=O)c3ccc(C)cc3)c(Cl)nc2c1. The molecule has 0 spiro atoms. The average molecular weight is 415 g/mol. The third-order valence-electron chi connectivity index (χ3n) is 4.15. The fourth-order valence-electron chi connectivity index (χ4n) is 2.56. The van der Waals surface area contributed by atoms with Gasteiger partial charge in [-0.1, -0.05) is 35.4 Å². The summed E-state index contributed by atoms with van der Waals surface area (Å²) in [6, 6.07) is 14.9. The van der Waals surface area contributed by atoms with Crippen molar-refractivity contribution in [1.82, 2.24) is 10.3 Å². The van der Waals surface area contributed by atoms with Gasteiger partial charge in [0.05, 0.1) is 5.52 Å². The minimum atomic E-state index is -0.547. The zero-order valence-electron chi connectivity index (χ0n) is 15.5. The molecular formula is C21H19ClN2O3S. The van der Waals surface area contributed by atoms with Crippen molar-refractivity contribution in [2.75, 3.05) is 12.8 Å². The first-order chi connectivity index (χ1) is 13.5. The van der Waals surface area contributed by atoms with E-state index in [0.717, 1.165) is 21.4 Å². The van der Waals surface area contributed by atoms with Gasteiger partial charge in [-0.15, -0.1) is 11.8 Å². The van der Waals surface area contributed by atoms with Crippen molar-refractivity contribution in [3.63, 3.8) is 0 Å². The minimum Gasteiger partial charge on any atom is -0.459 e. The summed E-state index contributed by atoms with van der Waals surface area (Å²) in [5, 5.41) is 3.76. The molecule has 144 valence electrons. The van der Waals surface area contributed by atoms with Crippen molar-refractivity contribution < 1.29 is 14.3 Å². The molecule has 0 bridgehead atoms. The lowest BCUT2D eigenvalue weighted by Crippen LogP contribution is -2.30. The number of benzene rings is 2. The van der Waals surface area contributed by atoms with Crippen molar-refractivity contribution in [3.05, 3.63) is 70.4 Å². The van der Waals surface area contributed by atoms with E-state index in [-0.39, 0.29) is 19.1 Å². The van der Waals surface area contributed by atoms with Gasteiger partial charge < -0.3 is 10.1 Å². The van der Waals surface area contributed by atoms with Crippen molar-refractivity contribution in [2.45, 2.75) is 18.4 Å². The average Bonchev–Trinajstić information content (AvgIpc) is 2.70. The van der Waals surface area contributed by atoms with Gasteiger partial charge in [-0.05, 0) is 43.5 Å². The van der Waals surface area contributed by atoms with E-state index in [9.17, 15) is 9.59 Å². The first-order valence-electron chi connectivity index (χ1n) is 8.60. The number of carbonyl (C=O) groups is 2. The number of pyridine rings is 1. The number of nitrogens with one attached hydrogen (secondary N) is 1. The molecule has 3 rings (SSSR count). The van der Waals surface area contributed by atoms with E-state index in [1.165, 1.54) is 0 Å². The van der Waals surface area contributed by atoms with Crippen LogP contribution in [-0.4, -0.2) is 29.7 Å². The number of carbonyl (C=O) groups excluding carboxylic acids is 2. The van der Waals surface area contributed by atoms with Gasteiger partial charge in [0.1, 0.15) is 18.3 Å². The Morgan fingerprint density at radius 2 is 1.89 bits per heavy atom. The monoisotopic (exact) mass is 414 g/mol. The summed E-state index contributed by atoms with van der Waals surface area (Å²) in [6.45, 7) is 1.71. The van der Waals surface area contributed by atoms with Crippen LogP contribution in [0, 0.1) is 6.92 Å². The van der Waals surface area contributed by atoms with Gasteiger partial charge in [-0.25, -0.2) is 4.98 Å². The topological polar surface area (TPSA) is 68.3 Å². The smallest absolute Gasteiger partial charge is 0.325 e. The number of thioether (sulfide) groups is 1. The molecule has 1 N–H and O–H groups in total. The number of hydrogen-bond donors (Lipinski definition) is 1. The second-order valence-electron chi connectivity index (χ2n) is 6.21. The number of nitrogens with zero attached hydrogens (tertiary/aromatic N) is 1. The summed E-state index contributed by atoms with van der Waals surface area (Å²) in [6.07, 6.45) is 1.99. The summed E-state index contributed by atoms with van der Waals surface area (Å²) in [5.41, 5.74) is 2.95. The summed E-state index contributed by atoms with van der Waals surface area (Å²) in [5.74, 6) is -0.874. The van der Waals surface area contributed by atoms with Gasteiger partial charge in [-0.2, -0.15) is 0 Å². The number of amides is 1. The van der Waals surface area contributed by atoms with Crippen LogP contribution in [0.4, 0.5) is 0 Å². The molecule has 3 aromatic rings. The Bertz CT molecular complexity index is 1020. The lowest BCUT2D eigenvalue weighted by Gasteiger charge is -2.09. The molecule has 1 amide bonds. The predicted octanol–water partition coefficient (Wildman–Crippen LogP) is 4.39. The van der Waals surface area contributed by atoms with Gasteiger partial charge in [0.2, 0.25) is 0 Å². The molecule has 0 radical (unpaired) electrons. The van der Waals surface area contributed by atoms with Crippen LogP contribution in [0.2, 0.25) is 5.15 Å². The number of rotatable bonds is 6. The minimum absolute atomic E-state index is 0.00864. The Balaban J connectivity index is 1.57. The second kappa shape index (κ2) is 9.08. The highest BCUT2D eigenvalue weighted by molar-refractivity contribution is 7.98. The van der Waals surface area contributed by atoms with Crippen LogP contribution in [-0.2, 0) is 16.1 Å². The lowest BCUT2D eigenvalue weighted by atomic mass is 10.1. The van der Waals surface area contributed by atoms with Crippen LogP contribution in [0.15, 0.2) is 53.4 Å². The Morgan fingerprint density at radius 3 is 2.61 bits per heavy atom. The van der Waals surface area contributed by atoms with Gasteiger partial charge in [0, 0.05) is 21.4 Å². The molecule has 0 saturated heterocycles. The van der Waals surface area contributed by atoms with Crippen LogP contribution in [0.1, 0.15) is 21.5 Å². The largest absolute Gasteiger partial charge is 0.459 e. The lowest BCUT2D eigenvalue weighted by molar-refractivity contribution is -0.143. The quantitative estimate of drug-likeness (QED) is 0.368. The summed E-state index contributed by atoms with van der Waals surface area (Å²) in [4.78, 5) is 29.5. The van der Waals surface area contributed by atoms with Crippen LogP contribution in [0.25, 0.3) is 10.9 Å². The highest BCUT2D eigenvalue weighted by Gasteiger charge is 2.11. The molecule has 0 atom stereocenters. The van der Waals surface area contributed by atoms with Crippen LogP contribution < -0.4 is 5.32 Å². The maximum absolute atomic E-state index is 12.0.